The summed E-state index contributed by atoms with van der Waals surface area (Å²) in [4.78, 5) is 37.8. The van der Waals surface area contributed by atoms with Crippen molar-refractivity contribution in [2.24, 2.45) is 0 Å². The summed E-state index contributed by atoms with van der Waals surface area (Å²) in [6.07, 6.45) is 1.15. The standard InChI is InChI=1S/C20H19NO4S.Na.H/c22-18(12-13-26-20(25)15-7-2-1-3-8-15)21-16-9-5-4-6-14(16)10-11-17(21)19(23)24;;/h1-9,17H,10-13H2,(H,23,24);;. The molecule has 27 heavy (non-hydrogen) atoms. The second kappa shape index (κ2) is 10.1. The summed E-state index contributed by atoms with van der Waals surface area (Å²) in [7, 11) is 0. The van der Waals surface area contributed by atoms with Gasteiger partial charge >= 0.3 is 35.5 Å². The molecule has 136 valence electrons. The molecule has 0 fully saturated rings. The van der Waals surface area contributed by atoms with E-state index in [1.165, 1.54) is 4.90 Å². The van der Waals surface area contributed by atoms with Crippen molar-refractivity contribution in [2.45, 2.75) is 25.3 Å². The third-order valence-corrected chi connectivity index (χ3v) is 5.27. The Morgan fingerprint density at radius 2 is 1.70 bits per heavy atom. The molecule has 1 atom stereocenters. The quantitative estimate of drug-likeness (QED) is 0.791. The van der Waals surface area contributed by atoms with Gasteiger partial charge in [-0.3, -0.25) is 14.5 Å². The number of hydrogen-bond acceptors (Lipinski definition) is 4. The number of anilines is 1. The molecule has 1 aliphatic rings. The van der Waals surface area contributed by atoms with Crippen molar-refractivity contribution in [3.05, 3.63) is 65.7 Å². The maximum absolute atomic E-state index is 12.7. The number of aryl methyl sites for hydroxylation is 1. The third-order valence-electron chi connectivity index (χ3n) is 4.36. The molecule has 0 radical (unpaired) electrons. The van der Waals surface area contributed by atoms with Crippen LogP contribution >= 0.6 is 11.8 Å². The van der Waals surface area contributed by atoms with E-state index in [1.807, 2.05) is 18.2 Å². The predicted molar refractivity (Wildman–Crippen MR) is 109 cm³/mol. The first-order valence-corrected chi connectivity index (χ1v) is 9.41. The van der Waals surface area contributed by atoms with Gasteiger partial charge in [0.05, 0.1) is 0 Å². The summed E-state index contributed by atoms with van der Waals surface area (Å²) < 4.78 is 0. The number of carboxylic acid groups (broad SMARTS) is 1. The van der Waals surface area contributed by atoms with E-state index >= 15 is 0 Å². The minimum atomic E-state index is -0.999. The maximum atomic E-state index is 12.7. The summed E-state index contributed by atoms with van der Waals surface area (Å²) in [6, 6.07) is 15.4. The van der Waals surface area contributed by atoms with E-state index in [0.717, 1.165) is 17.3 Å². The number of rotatable bonds is 5. The van der Waals surface area contributed by atoms with Gasteiger partial charge in [0.25, 0.3) is 0 Å². The van der Waals surface area contributed by atoms with E-state index in [9.17, 15) is 19.5 Å². The monoisotopic (exact) mass is 393 g/mol. The Balaban J connectivity index is 0.00000261. The van der Waals surface area contributed by atoms with Crippen molar-refractivity contribution < 1.29 is 19.5 Å². The number of benzene rings is 2. The van der Waals surface area contributed by atoms with Crippen molar-refractivity contribution in [1.29, 1.82) is 0 Å². The topological polar surface area (TPSA) is 74.7 Å². The van der Waals surface area contributed by atoms with Gasteiger partial charge in [-0.25, -0.2) is 4.79 Å². The molecule has 0 aliphatic carbocycles. The van der Waals surface area contributed by atoms with E-state index in [-0.39, 0.29) is 47.0 Å². The molecular weight excluding hydrogens is 373 g/mol. The number of nitrogens with zero attached hydrogens (tertiary/aromatic N) is 1. The van der Waals surface area contributed by atoms with Crippen LogP contribution in [0.2, 0.25) is 0 Å². The van der Waals surface area contributed by atoms with Gasteiger partial charge in [-0.05, 0) is 24.5 Å². The van der Waals surface area contributed by atoms with Crippen LogP contribution < -0.4 is 4.90 Å². The van der Waals surface area contributed by atoms with E-state index in [4.69, 9.17) is 0 Å². The Bertz CT molecular complexity index is 828. The number of fused-ring (bicyclic) bond motifs is 1. The molecule has 1 N–H and O–H groups in total. The van der Waals surface area contributed by atoms with Crippen LogP contribution in [0.5, 0.6) is 0 Å². The molecular formula is C20H20NNaO4S. The SMILES string of the molecule is O=C(SCCC(=O)N1c2ccccc2CCC1C(=O)O)c1ccccc1.[NaH]. The molecule has 0 saturated carbocycles. The van der Waals surface area contributed by atoms with Crippen molar-refractivity contribution in [3.8, 4) is 0 Å². The average molecular weight is 393 g/mol. The first-order chi connectivity index (χ1) is 12.6. The summed E-state index contributed by atoms with van der Waals surface area (Å²) >= 11 is 1.08. The summed E-state index contributed by atoms with van der Waals surface area (Å²) in [5.74, 6) is -0.948. The Morgan fingerprint density at radius 3 is 2.41 bits per heavy atom. The van der Waals surface area contributed by atoms with Crippen molar-refractivity contribution in [1.82, 2.24) is 0 Å². The predicted octanol–water partition coefficient (Wildman–Crippen LogP) is 2.73. The molecule has 0 bridgehead atoms. The van der Waals surface area contributed by atoms with Gasteiger partial charge in [-0.15, -0.1) is 0 Å². The first kappa shape index (κ1) is 21.7. The fourth-order valence-electron chi connectivity index (χ4n) is 3.10. The number of carbonyl (C=O) groups is 3. The van der Waals surface area contributed by atoms with Crippen molar-refractivity contribution in [3.63, 3.8) is 0 Å². The minimum absolute atomic E-state index is 0. The fraction of sp³-hybridized carbons (Fsp3) is 0.250. The van der Waals surface area contributed by atoms with E-state index in [1.54, 1.807) is 36.4 Å². The van der Waals surface area contributed by atoms with Gasteiger partial charge in [0.2, 0.25) is 11.0 Å². The molecule has 1 amide bonds. The zero-order chi connectivity index (χ0) is 18.5. The van der Waals surface area contributed by atoms with Crippen LogP contribution in [0.4, 0.5) is 5.69 Å². The molecule has 0 saturated heterocycles. The van der Waals surface area contributed by atoms with Crippen LogP contribution in [0.15, 0.2) is 54.6 Å². The Labute approximate surface area is 184 Å². The fourth-order valence-corrected chi connectivity index (χ4v) is 3.86. The van der Waals surface area contributed by atoms with Crippen LogP contribution in [-0.4, -0.2) is 63.5 Å². The van der Waals surface area contributed by atoms with Crippen LogP contribution in [0.25, 0.3) is 0 Å². The zero-order valence-corrected chi connectivity index (χ0v) is 14.9. The molecule has 2 aromatic rings. The van der Waals surface area contributed by atoms with Crippen LogP contribution in [0, 0.1) is 0 Å². The van der Waals surface area contributed by atoms with Gasteiger partial charge in [-0.2, -0.15) is 0 Å². The summed E-state index contributed by atoms with van der Waals surface area (Å²) in [6.45, 7) is 0. The molecule has 1 unspecified atom stereocenters. The Hall–Kier alpha value is -1.60. The molecule has 0 spiro atoms. The molecule has 1 aliphatic heterocycles. The van der Waals surface area contributed by atoms with Gasteiger partial charge in [0.15, 0.2) is 0 Å². The van der Waals surface area contributed by atoms with Gasteiger partial charge < -0.3 is 5.11 Å². The van der Waals surface area contributed by atoms with E-state index in [0.29, 0.717) is 29.8 Å². The molecule has 5 nitrogen and oxygen atoms in total. The van der Waals surface area contributed by atoms with Crippen LogP contribution in [0.1, 0.15) is 28.8 Å². The number of thioether (sulfide) groups is 1. The number of hydrogen-bond donors (Lipinski definition) is 1. The second-order valence-electron chi connectivity index (χ2n) is 6.04. The van der Waals surface area contributed by atoms with Crippen molar-refractivity contribution in [2.75, 3.05) is 10.7 Å². The second-order valence-corrected chi connectivity index (χ2v) is 7.10. The number of amides is 1. The number of aliphatic carboxylic acids is 1. The van der Waals surface area contributed by atoms with Gasteiger partial charge in [-0.1, -0.05) is 60.3 Å². The average Bonchev–Trinajstić information content (AvgIpc) is 2.67. The molecule has 7 heteroatoms. The van der Waals surface area contributed by atoms with Crippen LogP contribution in [-0.2, 0) is 16.0 Å². The summed E-state index contributed by atoms with van der Waals surface area (Å²) in [5, 5.41) is 9.40. The number of carboxylic acids is 1. The Kier molecular flexibility index (Phi) is 8.10. The van der Waals surface area contributed by atoms with E-state index in [2.05, 4.69) is 0 Å². The Morgan fingerprint density at radius 1 is 1.04 bits per heavy atom. The first-order valence-electron chi connectivity index (χ1n) is 8.43. The van der Waals surface area contributed by atoms with Gasteiger partial charge in [0, 0.05) is 23.4 Å². The van der Waals surface area contributed by atoms with Crippen LogP contribution in [0.3, 0.4) is 0 Å². The molecule has 1 heterocycles. The van der Waals surface area contributed by atoms with E-state index < -0.39 is 12.0 Å². The molecule has 3 rings (SSSR count). The normalized spacial score (nSPS) is 15.4. The number of carbonyl (C=O) groups excluding carboxylic acids is 2. The van der Waals surface area contributed by atoms with Crippen molar-refractivity contribution >= 4 is 64.0 Å². The molecule has 0 aromatic heterocycles. The summed E-state index contributed by atoms with van der Waals surface area (Å²) in [5.41, 5.74) is 2.23. The van der Waals surface area contributed by atoms with Gasteiger partial charge in [0.1, 0.15) is 6.04 Å². The number of para-hydroxylation sites is 1. The third kappa shape index (κ3) is 5.23. The molecule has 2 aromatic carbocycles. The zero-order valence-electron chi connectivity index (χ0n) is 14.1.